The summed E-state index contributed by atoms with van der Waals surface area (Å²) >= 11 is 0. The first-order valence-corrected chi connectivity index (χ1v) is 11.3. The zero-order valence-corrected chi connectivity index (χ0v) is 18.4. The number of halogens is 3. The number of amides is 1. The number of likely N-dealkylation sites (tertiary alicyclic amines) is 1. The topological polar surface area (TPSA) is 81.6 Å². The van der Waals surface area contributed by atoms with Gasteiger partial charge in [0.25, 0.3) is 5.91 Å². The van der Waals surface area contributed by atoms with Crippen molar-refractivity contribution < 1.29 is 27.5 Å². The molecule has 1 aromatic carbocycles. The molecule has 1 aromatic heterocycles. The number of furan rings is 1. The fourth-order valence-electron chi connectivity index (χ4n) is 5.79. The third-order valence-electron chi connectivity index (χ3n) is 7.49. The smallest absolute Gasteiger partial charge is 0.407 e. The zero-order valence-electron chi connectivity index (χ0n) is 18.4. The van der Waals surface area contributed by atoms with E-state index in [4.69, 9.17) is 4.42 Å². The van der Waals surface area contributed by atoms with Crippen LogP contribution in [0.1, 0.15) is 25.3 Å². The van der Waals surface area contributed by atoms with E-state index in [0.29, 0.717) is 29.8 Å². The van der Waals surface area contributed by atoms with E-state index < -0.39 is 30.3 Å². The number of hydrogen-bond donors (Lipinski definition) is 1. The molecule has 0 radical (unpaired) electrons. The van der Waals surface area contributed by atoms with Gasteiger partial charge in [0.2, 0.25) is 0 Å². The van der Waals surface area contributed by atoms with Crippen LogP contribution in [0.15, 0.2) is 56.8 Å². The van der Waals surface area contributed by atoms with Crippen LogP contribution in [0.4, 0.5) is 13.2 Å². The summed E-state index contributed by atoms with van der Waals surface area (Å²) in [5, 5.41) is 16.5. The molecule has 10 heteroatoms. The number of aliphatic imine (C=N–C) groups is 1. The molecule has 0 spiro atoms. The Bertz CT molecular complexity index is 1260. The first-order chi connectivity index (χ1) is 16.1. The van der Waals surface area contributed by atoms with E-state index in [1.165, 1.54) is 18.6 Å². The van der Waals surface area contributed by atoms with Gasteiger partial charge in [0, 0.05) is 35.7 Å². The minimum Gasteiger partial charge on any atom is -0.464 e. The highest BCUT2D eigenvalue weighted by Crippen LogP contribution is 2.45. The molecule has 6 rings (SSSR count). The van der Waals surface area contributed by atoms with E-state index >= 15 is 0 Å². The second-order valence-corrected chi connectivity index (χ2v) is 9.80. The number of rotatable bonds is 3. The Morgan fingerprint density at radius 1 is 1.32 bits per heavy atom. The standard InChI is InChI=1S/C24H23F3N4O3/c1-23(33)8-14-6-13(23)10-30(14)22(32)18-7-19-16(9-28-18)21(29-31(19)12-24(25,26)27)17-11-34-20-5-3-2-4-15(17)20/h2-5,7,9,11,13-14,16,19,33H,6,8,10,12H2,1H3. The molecule has 4 aliphatic rings. The molecule has 1 saturated heterocycles. The summed E-state index contributed by atoms with van der Waals surface area (Å²) in [7, 11) is 0. The van der Waals surface area contributed by atoms with Crippen molar-refractivity contribution in [3.05, 3.63) is 47.9 Å². The lowest BCUT2D eigenvalue weighted by Gasteiger charge is -2.36. The first kappa shape index (κ1) is 21.4. The summed E-state index contributed by atoms with van der Waals surface area (Å²) in [6.45, 7) is 0.969. The van der Waals surface area contributed by atoms with Gasteiger partial charge in [0.1, 0.15) is 24.1 Å². The normalized spacial score (nSPS) is 32.4. The lowest BCUT2D eigenvalue weighted by molar-refractivity contribution is -0.148. The maximum atomic E-state index is 13.4. The van der Waals surface area contributed by atoms with E-state index in [0.717, 1.165) is 16.8 Å². The Labute approximate surface area is 193 Å². The number of carbonyl (C=O) groups excluding carboxylic acids is 1. The van der Waals surface area contributed by atoms with Crippen LogP contribution in [-0.4, -0.2) is 69.8 Å². The van der Waals surface area contributed by atoms with Crippen molar-refractivity contribution in [3.63, 3.8) is 0 Å². The number of aliphatic hydroxyl groups is 1. The van der Waals surface area contributed by atoms with Gasteiger partial charge in [-0.3, -0.25) is 14.8 Å². The largest absolute Gasteiger partial charge is 0.464 e. The number of hydrazone groups is 1. The van der Waals surface area contributed by atoms with E-state index in [1.54, 1.807) is 17.9 Å². The highest BCUT2D eigenvalue weighted by atomic mass is 19.4. The number of nitrogens with zero attached hydrogens (tertiary/aromatic N) is 4. The molecule has 3 aliphatic heterocycles. The van der Waals surface area contributed by atoms with Crippen LogP contribution in [-0.2, 0) is 4.79 Å². The molecule has 178 valence electrons. The molecule has 2 aromatic rings. The summed E-state index contributed by atoms with van der Waals surface area (Å²) in [5.41, 5.74) is 0.993. The van der Waals surface area contributed by atoms with Crippen molar-refractivity contribution in [2.75, 3.05) is 13.1 Å². The van der Waals surface area contributed by atoms with Gasteiger partial charge < -0.3 is 14.4 Å². The summed E-state index contributed by atoms with van der Waals surface area (Å²) in [6, 6.07) is 6.39. The second kappa shape index (κ2) is 7.18. The minimum atomic E-state index is -4.46. The minimum absolute atomic E-state index is 0.000106. The van der Waals surface area contributed by atoms with Gasteiger partial charge in [0.05, 0.1) is 23.3 Å². The molecular weight excluding hydrogens is 449 g/mol. The molecule has 1 N–H and O–H groups in total. The molecule has 2 bridgehead atoms. The van der Waals surface area contributed by atoms with Gasteiger partial charge in [-0.1, -0.05) is 18.2 Å². The van der Waals surface area contributed by atoms with Gasteiger partial charge in [-0.15, -0.1) is 0 Å². The number of fused-ring (bicyclic) bond motifs is 4. The maximum absolute atomic E-state index is 13.4. The molecule has 7 nitrogen and oxygen atoms in total. The monoisotopic (exact) mass is 472 g/mol. The average molecular weight is 472 g/mol. The molecule has 5 unspecified atom stereocenters. The molecule has 1 amide bonds. The van der Waals surface area contributed by atoms with Crippen molar-refractivity contribution in [2.45, 2.75) is 43.6 Å². The van der Waals surface area contributed by atoms with Gasteiger partial charge in [-0.25, -0.2) is 0 Å². The van der Waals surface area contributed by atoms with Crippen LogP contribution in [0, 0.1) is 11.8 Å². The Kier molecular flexibility index (Phi) is 4.52. The highest BCUT2D eigenvalue weighted by molar-refractivity contribution is 6.18. The molecule has 2 fully saturated rings. The van der Waals surface area contributed by atoms with Crippen LogP contribution in [0.3, 0.4) is 0 Å². The highest BCUT2D eigenvalue weighted by Gasteiger charge is 2.53. The van der Waals surface area contributed by atoms with Gasteiger partial charge >= 0.3 is 6.18 Å². The average Bonchev–Trinajstić information content (AvgIpc) is 3.52. The van der Waals surface area contributed by atoms with Crippen molar-refractivity contribution >= 4 is 28.8 Å². The van der Waals surface area contributed by atoms with Crippen molar-refractivity contribution in [1.29, 1.82) is 0 Å². The first-order valence-electron chi connectivity index (χ1n) is 11.3. The van der Waals surface area contributed by atoms with E-state index in [-0.39, 0.29) is 23.6 Å². The number of hydrogen-bond acceptors (Lipinski definition) is 6. The number of piperidine rings is 1. The SMILES string of the molecule is CC1(O)CC2CC1CN2C(=O)C1=CC2C(C=N1)C(c1coc3ccccc13)=NN2CC(F)(F)F. The molecule has 5 atom stereocenters. The molecule has 4 heterocycles. The number of benzene rings is 1. The number of alkyl halides is 3. The maximum Gasteiger partial charge on any atom is 0.407 e. The molecule has 34 heavy (non-hydrogen) atoms. The fourth-order valence-corrected chi connectivity index (χ4v) is 5.79. The van der Waals surface area contributed by atoms with Gasteiger partial charge in [0.15, 0.2) is 0 Å². The molecular formula is C24H23F3N4O3. The van der Waals surface area contributed by atoms with E-state index in [2.05, 4.69) is 10.1 Å². The van der Waals surface area contributed by atoms with Crippen LogP contribution in [0.25, 0.3) is 11.0 Å². The van der Waals surface area contributed by atoms with Gasteiger partial charge in [-0.05, 0) is 31.9 Å². The molecule has 1 saturated carbocycles. The predicted molar refractivity (Wildman–Crippen MR) is 118 cm³/mol. The third kappa shape index (κ3) is 3.34. The van der Waals surface area contributed by atoms with Crippen LogP contribution in [0.5, 0.6) is 0 Å². The number of carbonyl (C=O) groups is 1. The van der Waals surface area contributed by atoms with Crippen LogP contribution >= 0.6 is 0 Å². The zero-order chi connectivity index (χ0) is 23.8. The third-order valence-corrected chi connectivity index (χ3v) is 7.49. The second-order valence-electron chi connectivity index (χ2n) is 9.80. The Morgan fingerprint density at radius 3 is 2.82 bits per heavy atom. The summed E-state index contributed by atoms with van der Waals surface area (Å²) in [4.78, 5) is 19.3. The quantitative estimate of drug-likeness (QED) is 0.743. The summed E-state index contributed by atoms with van der Waals surface area (Å²) in [5.74, 6) is -0.859. The van der Waals surface area contributed by atoms with Gasteiger partial charge in [-0.2, -0.15) is 18.3 Å². The summed E-state index contributed by atoms with van der Waals surface area (Å²) < 4.78 is 45.7. The number of para-hydroxylation sites is 1. The van der Waals surface area contributed by atoms with Crippen molar-refractivity contribution in [2.24, 2.45) is 21.9 Å². The van der Waals surface area contributed by atoms with E-state index in [1.807, 2.05) is 18.2 Å². The Morgan fingerprint density at radius 2 is 2.12 bits per heavy atom. The lowest BCUT2D eigenvalue weighted by Crippen LogP contribution is -2.47. The Balaban J connectivity index is 1.31. The fraction of sp³-hybridized carbons (Fsp3) is 0.458. The van der Waals surface area contributed by atoms with E-state index in [9.17, 15) is 23.1 Å². The molecule has 1 aliphatic carbocycles. The Hall–Kier alpha value is -3.14. The van der Waals surface area contributed by atoms with Crippen molar-refractivity contribution in [3.8, 4) is 0 Å². The lowest BCUT2D eigenvalue weighted by atomic mass is 9.89. The van der Waals surface area contributed by atoms with Crippen molar-refractivity contribution in [1.82, 2.24) is 9.91 Å². The van der Waals surface area contributed by atoms with Crippen LogP contribution < -0.4 is 0 Å². The predicted octanol–water partition coefficient (Wildman–Crippen LogP) is 3.34. The van der Waals surface area contributed by atoms with Crippen LogP contribution in [0.2, 0.25) is 0 Å². The summed E-state index contributed by atoms with van der Waals surface area (Å²) in [6.07, 6.45) is 1.29.